The summed E-state index contributed by atoms with van der Waals surface area (Å²) < 4.78 is 0. The molecular formula is C76H134O2. The number of rotatable bonds is 58. The molecule has 2 nitrogen and oxygen atoms in total. The van der Waals surface area contributed by atoms with Crippen LogP contribution < -0.4 is 0 Å². The van der Waals surface area contributed by atoms with E-state index in [9.17, 15) is 9.90 Å². The Morgan fingerprint density at radius 1 is 0.244 bits per heavy atom. The summed E-state index contributed by atoms with van der Waals surface area (Å²) in [5, 5.41) is 9.78. The van der Waals surface area contributed by atoms with Crippen LogP contribution in [0.5, 0.6) is 0 Å². The number of aliphatic hydroxyl groups excluding tert-OH is 1. The Labute approximate surface area is 489 Å². The Balaban J connectivity index is 0.000000780. The molecule has 4 unspecified atom stereocenters. The molecule has 4 atom stereocenters. The highest BCUT2D eigenvalue weighted by molar-refractivity contribution is 5.59. The highest BCUT2D eigenvalue weighted by Crippen LogP contribution is 2.52. The molecule has 0 saturated heterocycles. The summed E-state index contributed by atoms with van der Waals surface area (Å²) >= 11 is 0. The Bertz CT molecular complexity index is 1370. The van der Waals surface area contributed by atoms with Gasteiger partial charge in [0.1, 0.15) is 6.29 Å². The number of carbonyl (C=O) groups excluding carboxylic acids is 1. The van der Waals surface area contributed by atoms with Gasteiger partial charge in [-0.2, -0.15) is 0 Å². The van der Waals surface area contributed by atoms with E-state index in [2.05, 4.69) is 125 Å². The van der Waals surface area contributed by atoms with Crippen molar-refractivity contribution in [2.75, 3.05) is 6.61 Å². The molecule has 2 aliphatic rings. The Kier molecular flexibility index (Phi) is 57.2. The average molecular weight is 1080 g/mol. The van der Waals surface area contributed by atoms with Gasteiger partial charge in [-0.15, -0.1) is 0 Å². The highest BCUT2D eigenvalue weighted by atomic mass is 16.3. The molecule has 0 heterocycles. The molecule has 2 rings (SSSR count). The fourth-order valence-electron chi connectivity index (χ4n) is 11.9. The van der Waals surface area contributed by atoms with E-state index in [0.29, 0.717) is 30.3 Å². The maximum atomic E-state index is 11.5. The lowest BCUT2D eigenvalue weighted by atomic mass is 10.0. The molecule has 0 aromatic carbocycles. The fourth-order valence-corrected chi connectivity index (χ4v) is 11.9. The molecule has 0 aromatic heterocycles. The predicted octanol–water partition coefficient (Wildman–Crippen LogP) is 25.1. The molecule has 2 fully saturated rings. The summed E-state index contributed by atoms with van der Waals surface area (Å²) in [6.07, 6.45) is 102. The van der Waals surface area contributed by atoms with Crippen LogP contribution in [0.25, 0.3) is 0 Å². The van der Waals surface area contributed by atoms with Crippen LogP contribution in [0.4, 0.5) is 0 Å². The molecule has 78 heavy (non-hydrogen) atoms. The van der Waals surface area contributed by atoms with Gasteiger partial charge >= 0.3 is 0 Å². The van der Waals surface area contributed by atoms with Crippen molar-refractivity contribution in [1.82, 2.24) is 0 Å². The van der Waals surface area contributed by atoms with Crippen LogP contribution in [0.3, 0.4) is 0 Å². The van der Waals surface area contributed by atoms with Crippen LogP contribution in [0, 0.1) is 35.5 Å². The quantitative estimate of drug-likeness (QED) is 0.0374. The third-order valence-corrected chi connectivity index (χ3v) is 17.2. The second-order valence-electron chi connectivity index (χ2n) is 24.3. The summed E-state index contributed by atoms with van der Waals surface area (Å²) in [5.41, 5.74) is 0. The van der Waals surface area contributed by atoms with Crippen LogP contribution in [0.15, 0.2) is 97.2 Å². The third kappa shape index (κ3) is 48.3. The lowest BCUT2D eigenvalue weighted by Crippen LogP contribution is -1.89. The van der Waals surface area contributed by atoms with E-state index in [1.54, 1.807) is 0 Å². The SMILES string of the molecule is CCCCC/C=C\C/C=C\CCCCCCCC1C(C=O)C1CCCCCCC/C=C\C/C=C\CCCCC.CCCCC/C=C\C/C=C\CCCCCCCC1C(CO)C1CCCCCCC/C=C\C/C=C\CCCCC. The van der Waals surface area contributed by atoms with Gasteiger partial charge in [0.2, 0.25) is 0 Å². The van der Waals surface area contributed by atoms with Crippen molar-refractivity contribution < 1.29 is 9.90 Å². The number of hydrogen-bond donors (Lipinski definition) is 1. The first kappa shape index (κ1) is 73.6. The first-order valence-electron chi connectivity index (χ1n) is 35.0. The van der Waals surface area contributed by atoms with Crippen molar-refractivity contribution in [3.63, 3.8) is 0 Å². The van der Waals surface area contributed by atoms with Crippen LogP contribution in [-0.2, 0) is 4.79 Å². The zero-order chi connectivity index (χ0) is 56.1. The van der Waals surface area contributed by atoms with Gasteiger partial charge < -0.3 is 9.90 Å². The molecule has 1 N–H and O–H groups in total. The van der Waals surface area contributed by atoms with Gasteiger partial charge in [-0.1, -0.05) is 279 Å². The first-order valence-corrected chi connectivity index (χ1v) is 35.0. The van der Waals surface area contributed by atoms with Crippen molar-refractivity contribution in [2.45, 2.75) is 336 Å². The van der Waals surface area contributed by atoms with Gasteiger partial charge in [-0.05, 0) is 184 Å². The van der Waals surface area contributed by atoms with Crippen molar-refractivity contribution in [3.8, 4) is 0 Å². The number of hydrogen-bond acceptors (Lipinski definition) is 2. The van der Waals surface area contributed by atoms with Crippen molar-refractivity contribution in [2.24, 2.45) is 35.5 Å². The highest BCUT2D eigenvalue weighted by Gasteiger charge is 2.48. The van der Waals surface area contributed by atoms with E-state index in [1.807, 2.05) is 0 Å². The molecular weight excluding hydrogens is 945 g/mol. The second kappa shape index (κ2) is 60.6. The zero-order valence-electron chi connectivity index (χ0n) is 52.8. The molecule has 0 aliphatic heterocycles. The minimum atomic E-state index is 0.390. The number of unbranched alkanes of at least 4 members (excludes halogenated alkanes) is 32. The van der Waals surface area contributed by atoms with Gasteiger partial charge in [0.05, 0.1) is 0 Å². The molecule has 2 heteroatoms. The smallest absolute Gasteiger partial charge is 0.123 e. The van der Waals surface area contributed by atoms with Gasteiger partial charge in [-0.25, -0.2) is 0 Å². The van der Waals surface area contributed by atoms with Gasteiger partial charge in [-0.3, -0.25) is 0 Å². The number of carbonyl (C=O) groups is 1. The van der Waals surface area contributed by atoms with Gasteiger partial charge in [0.25, 0.3) is 0 Å². The molecule has 0 radical (unpaired) electrons. The summed E-state index contributed by atoms with van der Waals surface area (Å²) in [6.45, 7) is 9.48. The largest absolute Gasteiger partial charge is 0.396 e. The van der Waals surface area contributed by atoms with E-state index in [1.165, 1.54) is 289 Å². The number of aldehydes is 1. The number of aliphatic hydroxyl groups is 1. The normalized spacial score (nSPS) is 19.4. The van der Waals surface area contributed by atoms with Crippen LogP contribution in [-0.4, -0.2) is 18.0 Å². The molecule has 450 valence electrons. The Morgan fingerprint density at radius 2 is 0.449 bits per heavy atom. The minimum absolute atomic E-state index is 0.390. The predicted molar refractivity (Wildman–Crippen MR) is 352 cm³/mol. The van der Waals surface area contributed by atoms with E-state index in [4.69, 9.17) is 0 Å². The zero-order valence-corrected chi connectivity index (χ0v) is 52.8. The first-order chi connectivity index (χ1) is 38.7. The van der Waals surface area contributed by atoms with Crippen molar-refractivity contribution in [1.29, 1.82) is 0 Å². The fraction of sp³-hybridized carbons (Fsp3) is 0.776. The number of allylic oxidation sites excluding steroid dienone is 16. The molecule has 0 amide bonds. The maximum Gasteiger partial charge on any atom is 0.123 e. The van der Waals surface area contributed by atoms with E-state index < -0.39 is 0 Å². The maximum absolute atomic E-state index is 11.5. The summed E-state index contributed by atoms with van der Waals surface area (Å²) in [5.74, 6) is 4.11. The average Bonchev–Trinajstić information content (AvgIpc) is 4.35. The Hall–Kier alpha value is -2.45. The summed E-state index contributed by atoms with van der Waals surface area (Å²) in [6, 6.07) is 0. The molecule has 0 aromatic rings. The van der Waals surface area contributed by atoms with Gasteiger partial charge in [0, 0.05) is 12.5 Å². The lowest BCUT2D eigenvalue weighted by Gasteiger charge is -2.02. The topological polar surface area (TPSA) is 37.3 Å². The minimum Gasteiger partial charge on any atom is -0.396 e. The van der Waals surface area contributed by atoms with Gasteiger partial charge in [0.15, 0.2) is 0 Å². The van der Waals surface area contributed by atoms with Crippen molar-refractivity contribution >= 4 is 6.29 Å². The van der Waals surface area contributed by atoms with E-state index in [0.717, 1.165) is 37.5 Å². The van der Waals surface area contributed by atoms with E-state index >= 15 is 0 Å². The van der Waals surface area contributed by atoms with Crippen LogP contribution in [0.1, 0.15) is 336 Å². The standard InChI is InChI=1S/C38H68O.C38H66O/c2*1-3-5-7-9-11-13-15-17-19-21-23-25-27-29-31-33-36-37(38(36)35-39)34-32-30-28-26-24-22-20-18-16-14-12-10-8-6-4-2/h11-14,17-20,36-39H,3-10,15-16,21-35H2,1-2H3;11-14,17-20,35-38H,3-10,15-16,21-34H2,1-2H3/b2*13-11-,14-12-,19-17-,20-18-. The van der Waals surface area contributed by atoms with Crippen LogP contribution >= 0.6 is 0 Å². The summed E-state index contributed by atoms with van der Waals surface area (Å²) in [4.78, 5) is 11.5. The molecule has 2 saturated carbocycles. The second-order valence-corrected chi connectivity index (χ2v) is 24.3. The lowest BCUT2D eigenvalue weighted by molar-refractivity contribution is -0.109. The summed E-state index contributed by atoms with van der Waals surface area (Å²) in [7, 11) is 0. The molecule has 0 spiro atoms. The molecule has 0 bridgehead atoms. The third-order valence-electron chi connectivity index (χ3n) is 17.2. The Morgan fingerprint density at radius 3 is 0.667 bits per heavy atom. The van der Waals surface area contributed by atoms with Crippen LogP contribution in [0.2, 0.25) is 0 Å². The monoisotopic (exact) mass is 1080 g/mol. The van der Waals surface area contributed by atoms with Crippen molar-refractivity contribution in [3.05, 3.63) is 97.2 Å². The molecule has 2 aliphatic carbocycles. The van der Waals surface area contributed by atoms with E-state index in [-0.39, 0.29) is 0 Å².